The molecule has 1 aromatic heterocycles. The van der Waals surface area contributed by atoms with Crippen molar-refractivity contribution < 1.29 is 13.2 Å². The maximum Gasteiger partial charge on any atom is 0.244 e. The molecule has 22 heavy (non-hydrogen) atoms. The van der Waals surface area contributed by atoms with Crippen LogP contribution in [0.1, 0.15) is 12.1 Å². The predicted octanol–water partition coefficient (Wildman–Crippen LogP) is 1.84. The summed E-state index contributed by atoms with van der Waals surface area (Å²) in [5.74, 6) is 0.276. The molecule has 8 heteroatoms. The summed E-state index contributed by atoms with van der Waals surface area (Å²) in [5.41, 5.74) is 1.03. The average molecular weight is 342 g/mol. The van der Waals surface area contributed by atoms with Gasteiger partial charge in [-0.15, -0.1) is 0 Å². The molecule has 0 saturated heterocycles. The largest absolute Gasteiger partial charge is 0.495 e. The van der Waals surface area contributed by atoms with E-state index in [1.54, 1.807) is 18.3 Å². The summed E-state index contributed by atoms with van der Waals surface area (Å²) >= 11 is 5.92. The highest BCUT2D eigenvalue weighted by Crippen LogP contribution is 2.27. The van der Waals surface area contributed by atoms with Crippen molar-refractivity contribution in [2.45, 2.75) is 30.3 Å². The van der Waals surface area contributed by atoms with Gasteiger partial charge in [-0.3, -0.25) is 4.68 Å². The molecule has 0 fully saturated rings. The molecular formula is C14H16ClN3O3S. The molecule has 0 saturated carbocycles. The number of halogens is 1. The van der Waals surface area contributed by atoms with E-state index in [2.05, 4.69) is 9.82 Å². The Balaban J connectivity index is 1.84. The third kappa shape index (κ3) is 2.97. The lowest BCUT2D eigenvalue weighted by Gasteiger charge is -2.24. The Morgan fingerprint density at radius 1 is 1.41 bits per heavy atom. The smallest absolute Gasteiger partial charge is 0.244 e. The highest BCUT2D eigenvalue weighted by Gasteiger charge is 2.27. The first-order valence-corrected chi connectivity index (χ1v) is 8.72. The number of benzene rings is 1. The highest BCUT2D eigenvalue weighted by atomic mass is 35.5. The SMILES string of the molecule is COc1ccc(Cl)cc1S(=O)(=O)NC1CCn2nccc2C1. The number of nitrogens with one attached hydrogen (secondary N) is 1. The van der Waals surface area contributed by atoms with Gasteiger partial charge in [0, 0.05) is 35.9 Å². The minimum atomic E-state index is -3.70. The summed E-state index contributed by atoms with van der Waals surface area (Å²) in [6.07, 6.45) is 3.03. The second-order valence-electron chi connectivity index (χ2n) is 5.15. The van der Waals surface area contributed by atoms with Crippen LogP contribution in [0.3, 0.4) is 0 Å². The number of fused-ring (bicyclic) bond motifs is 1. The number of aryl methyl sites for hydroxylation is 1. The van der Waals surface area contributed by atoms with E-state index in [1.165, 1.54) is 13.2 Å². The molecule has 1 unspecified atom stereocenters. The van der Waals surface area contributed by atoms with E-state index in [9.17, 15) is 8.42 Å². The van der Waals surface area contributed by atoms with Gasteiger partial charge < -0.3 is 4.74 Å². The van der Waals surface area contributed by atoms with Crippen molar-refractivity contribution in [3.63, 3.8) is 0 Å². The van der Waals surface area contributed by atoms with Gasteiger partial charge in [0.05, 0.1) is 7.11 Å². The fourth-order valence-corrected chi connectivity index (χ4v) is 4.31. The van der Waals surface area contributed by atoms with Gasteiger partial charge in [-0.2, -0.15) is 5.10 Å². The standard InChI is InChI=1S/C14H16ClN3O3S/c1-21-13-3-2-10(15)8-14(13)22(19,20)17-11-5-7-18-12(9-11)4-6-16-18/h2-4,6,8,11,17H,5,7,9H2,1H3. The summed E-state index contributed by atoms with van der Waals surface area (Å²) in [6.45, 7) is 0.697. The summed E-state index contributed by atoms with van der Waals surface area (Å²) < 4.78 is 35.0. The van der Waals surface area contributed by atoms with Crippen molar-refractivity contribution in [2.24, 2.45) is 0 Å². The fraction of sp³-hybridized carbons (Fsp3) is 0.357. The first kappa shape index (κ1) is 15.3. The number of hydrogen-bond donors (Lipinski definition) is 1. The van der Waals surface area contributed by atoms with Gasteiger partial charge in [0.25, 0.3) is 0 Å². The maximum atomic E-state index is 12.6. The van der Waals surface area contributed by atoms with E-state index in [0.29, 0.717) is 24.4 Å². The van der Waals surface area contributed by atoms with E-state index >= 15 is 0 Å². The van der Waals surface area contributed by atoms with Crippen LogP contribution in [-0.4, -0.2) is 31.3 Å². The zero-order chi connectivity index (χ0) is 15.7. The lowest BCUT2D eigenvalue weighted by atomic mass is 10.1. The van der Waals surface area contributed by atoms with Crippen molar-refractivity contribution in [1.29, 1.82) is 0 Å². The number of methoxy groups -OCH3 is 1. The summed E-state index contributed by atoms with van der Waals surface area (Å²) in [5, 5.41) is 4.54. The van der Waals surface area contributed by atoms with Gasteiger partial charge in [0.15, 0.2) is 0 Å². The topological polar surface area (TPSA) is 73.2 Å². The third-order valence-corrected chi connectivity index (χ3v) is 5.46. The number of sulfonamides is 1. The van der Waals surface area contributed by atoms with Crippen molar-refractivity contribution in [3.05, 3.63) is 41.2 Å². The molecular weight excluding hydrogens is 326 g/mol. The highest BCUT2D eigenvalue weighted by molar-refractivity contribution is 7.89. The van der Waals surface area contributed by atoms with Crippen LogP contribution in [0, 0.1) is 0 Å². The fourth-order valence-electron chi connectivity index (χ4n) is 2.61. The van der Waals surface area contributed by atoms with Gasteiger partial charge >= 0.3 is 0 Å². The van der Waals surface area contributed by atoms with Gasteiger partial charge in [0.1, 0.15) is 10.6 Å². The molecule has 1 aliphatic rings. The second kappa shape index (κ2) is 5.91. The van der Waals surface area contributed by atoms with Gasteiger partial charge in [-0.25, -0.2) is 13.1 Å². The average Bonchev–Trinajstić information content (AvgIpc) is 2.94. The van der Waals surface area contributed by atoms with Crippen LogP contribution >= 0.6 is 11.6 Å². The van der Waals surface area contributed by atoms with Crippen molar-refractivity contribution in [1.82, 2.24) is 14.5 Å². The maximum absolute atomic E-state index is 12.6. The molecule has 1 N–H and O–H groups in total. The predicted molar refractivity (Wildman–Crippen MR) is 82.7 cm³/mol. The van der Waals surface area contributed by atoms with E-state index in [-0.39, 0.29) is 16.7 Å². The lowest BCUT2D eigenvalue weighted by Crippen LogP contribution is -2.40. The number of hydrogen-bond acceptors (Lipinski definition) is 4. The van der Waals surface area contributed by atoms with Crippen LogP contribution in [0.4, 0.5) is 0 Å². The van der Waals surface area contributed by atoms with Crippen LogP contribution in [0.5, 0.6) is 5.75 Å². The van der Waals surface area contributed by atoms with E-state index in [0.717, 1.165) is 5.69 Å². The molecule has 0 bridgehead atoms. The molecule has 6 nitrogen and oxygen atoms in total. The Morgan fingerprint density at radius 3 is 3.00 bits per heavy atom. The molecule has 0 radical (unpaired) electrons. The minimum absolute atomic E-state index is 0.0570. The molecule has 1 atom stereocenters. The first-order valence-electron chi connectivity index (χ1n) is 6.86. The van der Waals surface area contributed by atoms with Crippen molar-refractivity contribution in [3.8, 4) is 5.75 Å². The molecule has 2 aromatic rings. The van der Waals surface area contributed by atoms with Crippen LogP contribution < -0.4 is 9.46 Å². The quantitative estimate of drug-likeness (QED) is 0.921. The van der Waals surface area contributed by atoms with E-state index in [4.69, 9.17) is 16.3 Å². The van der Waals surface area contributed by atoms with E-state index < -0.39 is 10.0 Å². The lowest BCUT2D eigenvalue weighted by molar-refractivity contribution is 0.398. The van der Waals surface area contributed by atoms with Crippen LogP contribution in [0.15, 0.2) is 35.4 Å². The molecule has 1 aromatic carbocycles. The number of ether oxygens (including phenoxy) is 1. The summed E-state index contributed by atoms with van der Waals surface area (Å²) in [7, 11) is -2.27. The molecule has 2 heterocycles. The molecule has 0 spiro atoms. The zero-order valence-corrected chi connectivity index (χ0v) is 13.6. The molecule has 1 aliphatic heterocycles. The first-order chi connectivity index (χ1) is 10.5. The molecule has 0 aliphatic carbocycles. The Labute approximate surface area is 134 Å². The van der Waals surface area contributed by atoms with Crippen molar-refractivity contribution in [2.75, 3.05) is 7.11 Å². The van der Waals surface area contributed by atoms with E-state index in [1.807, 2.05) is 10.7 Å². The van der Waals surface area contributed by atoms with Crippen molar-refractivity contribution >= 4 is 21.6 Å². The van der Waals surface area contributed by atoms with Gasteiger partial charge in [-0.1, -0.05) is 11.6 Å². The third-order valence-electron chi connectivity index (χ3n) is 3.69. The summed E-state index contributed by atoms with van der Waals surface area (Å²) in [6, 6.07) is 6.28. The van der Waals surface area contributed by atoms with Crippen LogP contribution in [0.2, 0.25) is 5.02 Å². The molecule has 0 amide bonds. The zero-order valence-electron chi connectivity index (χ0n) is 12.0. The van der Waals surface area contributed by atoms with Crippen LogP contribution in [-0.2, 0) is 23.0 Å². The minimum Gasteiger partial charge on any atom is -0.495 e. The normalized spacial score (nSPS) is 18.0. The monoisotopic (exact) mass is 341 g/mol. The molecule has 118 valence electrons. The van der Waals surface area contributed by atoms with Gasteiger partial charge in [-0.05, 0) is 30.7 Å². The number of nitrogens with zero attached hydrogens (tertiary/aromatic N) is 2. The Hall–Kier alpha value is -1.57. The Morgan fingerprint density at radius 2 is 2.23 bits per heavy atom. The number of rotatable bonds is 4. The Kier molecular flexibility index (Phi) is 4.12. The Bertz CT molecular complexity index is 788. The van der Waals surface area contributed by atoms with Crippen LogP contribution in [0.25, 0.3) is 0 Å². The second-order valence-corrected chi connectivity index (χ2v) is 7.27. The number of aromatic nitrogens is 2. The summed E-state index contributed by atoms with van der Waals surface area (Å²) in [4.78, 5) is 0.0570. The molecule has 3 rings (SSSR count). The van der Waals surface area contributed by atoms with Gasteiger partial charge in [0.2, 0.25) is 10.0 Å².